The van der Waals surface area contributed by atoms with Gasteiger partial charge in [-0.25, -0.2) is 18.5 Å². The van der Waals surface area contributed by atoms with Gasteiger partial charge in [0, 0.05) is 12.7 Å². The molecule has 6 nitrogen and oxygen atoms in total. The maximum Gasteiger partial charge on any atom is 0.239 e. The van der Waals surface area contributed by atoms with Gasteiger partial charge < -0.3 is 11.1 Å². The van der Waals surface area contributed by atoms with E-state index in [1.54, 1.807) is 6.07 Å². The van der Waals surface area contributed by atoms with Crippen LogP contribution in [-0.4, -0.2) is 25.5 Å². The fourth-order valence-electron chi connectivity index (χ4n) is 1.96. The molecule has 1 aliphatic rings. The third-order valence-electron chi connectivity index (χ3n) is 3.38. The number of hydrogen-bond acceptors (Lipinski definition) is 5. The Morgan fingerprint density at radius 3 is 2.56 bits per heavy atom. The maximum absolute atomic E-state index is 11.1. The molecule has 1 unspecified atom stereocenters. The van der Waals surface area contributed by atoms with E-state index in [-0.39, 0.29) is 10.4 Å². The van der Waals surface area contributed by atoms with Gasteiger partial charge in [0.05, 0.1) is 5.54 Å². The molecule has 7 heteroatoms. The topological polar surface area (TPSA) is 111 Å². The Morgan fingerprint density at radius 1 is 1.50 bits per heavy atom. The summed E-state index contributed by atoms with van der Waals surface area (Å²) in [7, 11) is -3.69. The van der Waals surface area contributed by atoms with Gasteiger partial charge in [-0.15, -0.1) is 0 Å². The molecule has 0 bridgehead atoms. The van der Waals surface area contributed by atoms with Crippen molar-refractivity contribution in [1.82, 2.24) is 4.98 Å². The number of pyridine rings is 1. The quantitative estimate of drug-likeness (QED) is 0.711. The van der Waals surface area contributed by atoms with Crippen molar-refractivity contribution in [3.05, 3.63) is 18.3 Å². The highest BCUT2D eigenvalue weighted by Crippen LogP contribution is 2.40. The number of primary sulfonamides is 1. The van der Waals surface area contributed by atoms with E-state index in [9.17, 15) is 8.42 Å². The molecule has 0 aliphatic heterocycles. The molecule has 1 aromatic rings. The second-order valence-corrected chi connectivity index (χ2v) is 6.51. The molecule has 100 valence electrons. The van der Waals surface area contributed by atoms with Crippen LogP contribution in [0.4, 0.5) is 5.82 Å². The van der Waals surface area contributed by atoms with Crippen molar-refractivity contribution >= 4 is 15.8 Å². The average Bonchev–Trinajstić information content (AvgIpc) is 3.12. The monoisotopic (exact) mass is 270 g/mol. The summed E-state index contributed by atoms with van der Waals surface area (Å²) >= 11 is 0. The SMILES string of the molecule is CC(CN)(Nc1ccc(S(N)(=O)=O)cn1)C1CC1. The van der Waals surface area contributed by atoms with Crippen molar-refractivity contribution in [2.24, 2.45) is 16.8 Å². The minimum absolute atomic E-state index is 0.00826. The van der Waals surface area contributed by atoms with E-state index in [1.807, 2.05) is 0 Å². The van der Waals surface area contributed by atoms with Crippen LogP contribution in [0.15, 0.2) is 23.2 Å². The van der Waals surface area contributed by atoms with Crippen LogP contribution in [0, 0.1) is 5.92 Å². The van der Waals surface area contributed by atoms with E-state index in [2.05, 4.69) is 17.2 Å². The Labute approximate surface area is 107 Å². The second-order valence-electron chi connectivity index (χ2n) is 4.95. The van der Waals surface area contributed by atoms with Gasteiger partial charge in [0.1, 0.15) is 10.7 Å². The first-order chi connectivity index (χ1) is 8.35. The molecule has 1 heterocycles. The van der Waals surface area contributed by atoms with Crippen LogP contribution in [0.1, 0.15) is 19.8 Å². The lowest BCUT2D eigenvalue weighted by atomic mass is 9.96. The third kappa shape index (κ3) is 2.80. The van der Waals surface area contributed by atoms with Crippen LogP contribution in [0.25, 0.3) is 0 Å². The number of nitrogens with one attached hydrogen (secondary N) is 1. The Morgan fingerprint density at radius 2 is 2.17 bits per heavy atom. The largest absolute Gasteiger partial charge is 0.363 e. The lowest BCUT2D eigenvalue weighted by Gasteiger charge is -2.30. The zero-order chi connectivity index (χ0) is 13.4. The molecular formula is C11H18N4O2S. The van der Waals surface area contributed by atoms with Crippen LogP contribution < -0.4 is 16.2 Å². The minimum Gasteiger partial charge on any atom is -0.363 e. The van der Waals surface area contributed by atoms with E-state index in [1.165, 1.54) is 12.3 Å². The number of sulfonamides is 1. The van der Waals surface area contributed by atoms with Gasteiger partial charge in [-0.05, 0) is 37.8 Å². The van der Waals surface area contributed by atoms with E-state index in [0.717, 1.165) is 12.8 Å². The molecule has 2 rings (SSSR count). The van der Waals surface area contributed by atoms with Gasteiger partial charge in [-0.3, -0.25) is 0 Å². The van der Waals surface area contributed by atoms with E-state index in [0.29, 0.717) is 18.3 Å². The molecular weight excluding hydrogens is 252 g/mol. The molecule has 0 radical (unpaired) electrons. The zero-order valence-electron chi connectivity index (χ0n) is 10.3. The van der Waals surface area contributed by atoms with E-state index in [4.69, 9.17) is 10.9 Å². The fourth-order valence-corrected chi connectivity index (χ4v) is 2.41. The summed E-state index contributed by atoms with van der Waals surface area (Å²) in [5.41, 5.74) is 5.60. The first-order valence-electron chi connectivity index (χ1n) is 5.82. The maximum atomic E-state index is 11.1. The standard InChI is InChI=1S/C11H18N4O2S/c1-11(7-12,8-2-3-8)15-10-5-4-9(6-14-10)18(13,16)17/h4-6,8H,2-3,7,12H2,1H3,(H,14,15)(H2,13,16,17). The molecule has 1 saturated carbocycles. The molecule has 0 aromatic carbocycles. The van der Waals surface area contributed by atoms with E-state index < -0.39 is 10.0 Å². The molecule has 1 aromatic heterocycles. The molecule has 0 saturated heterocycles. The summed E-state index contributed by atoms with van der Waals surface area (Å²) in [5.74, 6) is 1.17. The normalized spacial score (nSPS) is 19.3. The molecule has 0 spiro atoms. The molecule has 18 heavy (non-hydrogen) atoms. The van der Waals surface area contributed by atoms with Gasteiger partial charge in [0.25, 0.3) is 0 Å². The predicted octanol–water partition coefficient (Wildman–Crippen LogP) is 0.268. The van der Waals surface area contributed by atoms with Crippen LogP contribution in [0.2, 0.25) is 0 Å². The van der Waals surface area contributed by atoms with Crippen LogP contribution >= 0.6 is 0 Å². The summed E-state index contributed by atoms with van der Waals surface area (Å²) in [5, 5.41) is 8.28. The van der Waals surface area contributed by atoms with Gasteiger partial charge in [0.15, 0.2) is 0 Å². The number of hydrogen-bond donors (Lipinski definition) is 3. The lowest BCUT2D eigenvalue weighted by molar-refractivity contribution is 0.458. The highest BCUT2D eigenvalue weighted by atomic mass is 32.2. The number of nitrogens with zero attached hydrogens (tertiary/aromatic N) is 1. The smallest absolute Gasteiger partial charge is 0.239 e. The van der Waals surface area contributed by atoms with Crippen molar-refractivity contribution in [2.45, 2.75) is 30.2 Å². The van der Waals surface area contributed by atoms with E-state index >= 15 is 0 Å². The van der Waals surface area contributed by atoms with Crippen molar-refractivity contribution in [3.63, 3.8) is 0 Å². The van der Waals surface area contributed by atoms with Gasteiger partial charge in [-0.2, -0.15) is 0 Å². The molecule has 0 amide bonds. The summed E-state index contributed by atoms with van der Waals surface area (Å²) in [6, 6.07) is 3.05. The van der Waals surface area contributed by atoms with Gasteiger partial charge in [0.2, 0.25) is 10.0 Å². The first kappa shape index (κ1) is 13.3. The molecule has 1 aliphatic carbocycles. The van der Waals surface area contributed by atoms with Crippen molar-refractivity contribution in [1.29, 1.82) is 0 Å². The Balaban J connectivity index is 2.15. The van der Waals surface area contributed by atoms with Gasteiger partial charge in [-0.1, -0.05) is 0 Å². The molecule has 5 N–H and O–H groups in total. The predicted molar refractivity (Wildman–Crippen MR) is 69.4 cm³/mol. The van der Waals surface area contributed by atoms with Crippen LogP contribution in [-0.2, 0) is 10.0 Å². The summed E-state index contributed by atoms with van der Waals surface area (Å²) in [6.07, 6.45) is 3.58. The number of anilines is 1. The third-order valence-corrected chi connectivity index (χ3v) is 4.28. The van der Waals surface area contributed by atoms with Crippen LogP contribution in [0.3, 0.4) is 0 Å². The van der Waals surface area contributed by atoms with Crippen molar-refractivity contribution < 1.29 is 8.42 Å². The second kappa shape index (κ2) is 4.49. The average molecular weight is 270 g/mol. The van der Waals surface area contributed by atoms with Crippen LogP contribution in [0.5, 0.6) is 0 Å². The van der Waals surface area contributed by atoms with Gasteiger partial charge >= 0.3 is 0 Å². The fraction of sp³-hybridized carbons (Fsp3) is 0.545. The van der Waals surface area contributed by atoms with Crippen molar-refractivity contribution in [2.75, 3.05) is 11.9 Å². The lowest BCUT2D eigenvalue weighted by Crippen LogP contribution is -2.44. The highest BCUT2D eigenvalue weighted by Gasteiger charge is 2.40. The Hall–Kier alpha value is -1.18. The Kier molecular flexibility index (Phi) is 3.31. The number of aromatic nitrogens is 1. The number of nitrogens with two attached hydrogens (primary N) is 2. The number of rotatable bonds is 5. The minimum atomic E-state index is -3.69. The van der Waals surface area contributed by atoms with Crippen molar-refractivity contribution in [3.8, 4) is 0 Å². The highest BCUT2D eigenvalue weighted by molar-refractivity contribution is 7.89. The summed E-state index contributed by atoms with van der Waals surface area (Å²) in [6.45, 7) is 2.57. The summed E-state index contributed by atoms with van der Waals surface area (Å²) in [4.78, 5) is 4.07. The summed E-state index contributed by atoms with van der Waals surface area (Å²) < 4.78 is 22.2. The first-order valence-corrected chi connectivity index (χ1v) is 7.37. The Bertz CT molecular complexity index is 524. The molecule has 1 atom stereocenters. The zero-order valence-corrected chi connectivity index (χ0v) is 11.1. The molecule has 1 fully saturated rings.